The van der Waals surface area contributed by atoms with Crippen LogP contribution >= 0.6 is 11.8 Å². The van der Waals surface area contributed by atoms with Gasteiger partial charge < -0.3 is 10.1 Å². The third-order valence-electron chi connectivity index (χ3n) is 2.78. The average Bonchev–Trinajstić information content (AvgIpc) is 2.81. The normalized spacial score (nSPS) is 22.2. The minimum absolute atomic E-state index is 0.236. The minimum Gasteiger partial charge on any atom is -0.494 e. The van der Waals surface area contributed by atoms with Crippen molar-refractivity contribution in [2.24, 2.45) is 5.14 Å². The second-order valence-electron chi connectivity index (χ2n) is 4.08. The Morgan fingerprint density at radius 3 is 2.74 bits per heavy atom. The maximum atomic E-state index is 11.8. The molecule has 1 aliphatic heterocycles. The first-order valence-corrected chi connectivity index (χ1v) is 8.25. The van der Waals surface area contributed by atoms with E-state index in [0.29, 0.717) is 12.4 Å². The highest BCUT2D eigenvalue weighted by Gasteiger charge is 2.44. The Labute approximate surface area is 117 Å². The summed E-state index contributed by atoms with van der Waals surface area (Å²) in [7, 11) is -3.76. The van der Waals surface area contributed by atoms with Gasteiger partial charge in [0.05, 0.1) is 6.61 Å². The van der Waals surface area contributed by atoms with E-state index in [1.54, 1.807) is 11.6 Å². The molecular formula is C12H16N2O3S2. The van der Waals surface area contributed by atoms with Gasteiger partial charge in [-0.05, 0) is 24.0 Å². The lowest BCUT2D eigenvalue weighted by Crippen LogP contribution is -2.49. The van der Waals surface area contributed by atoms with Crippen LogP contribution < -0.4 is 15.2 Å². The van der Waals surface area contributed by atoms with E-state index < -0.39 is 14.2 Å². The van der Waals surface area contributed by atoms with Gasteiger partial charge in [0.2, 0.25) is 14.2 Å². The van der Waals surface area contributed by atoms with E-state index in [9.17, 15) is 8.42 Å². The van der Waals surface area contributed by atoms with Crippen LogP contribution in [-0.2, 0) is 16.4 Å². The molecule has 1 aromatic carbocycles. The zero-order chi connectivity index (χ0) is 13.9. The van der Waals surface area contributed by atoms with Crippen LogP contribution in [0.2, 0.25) is 0 Å². The van der Waals surface area contributed by atoms with Crippen LogP contribution in [0.3, 0.4) is 0 Å². The summed E-state index contributed by atoms with van der Waals surface area (Å²) in [6.07, 6.45) is 1.83. The second kappa shape index (κ2) is 5.44. The number of primary sulfonamides is 1. The fourth-order valence-corrected chi connectivity index (χ4v) is 3.90. The Balaban J connectivity index is 2.33. The molecule has 2 rings (SSSR count). The molecule has 19 heavy (non-hydrogen) atoms. The topological polar surface area (TPSA) is 81.4 Å². The van der Waals surface area contributed by atoms with Gasteiger partial charge in [0.15, 0.2) is 0 Å². The lowest BCUT2D eigenvalue weighted by molar-refractivity contribution is 0.336. The Morgan fingerprint density at radius 1 is 1.42 bits per heavy atom. The molecule has 0 aromatic heterocycles. The third-order valence-corrected chi connectivity index (χ3v) is 5.87. The lowest BCUT2D eigenvalue weighted by Gasteiger charge is -2.27. The molecule has 0 radical (unpaired) electrons. The predicted octanol–water partition coefficient (Wildman–Crippen LogP) is 1.38. The average molecular weight is 300 g/mol. The van der Waals surface area contributed by atoms with E-state index in [2.05, 4.69) is 5.32 Å². The molecule has 1 aromatic rings. The van der Waals surface area contributed by atoms with Crippen molar-refractivity contribution in [3.8, 4) is 5.75 Å². The number of benzene rings is 1. The van der Waals surface area contributed by atoms with Gasteiger partial charge in [-0.15, -0.1) is 0 Å². The van der Waals surface area contributed by atoms with Crippen LogP contribution in [-0.4, -0.2) is 19.2 Å². The van der Waals surface area contributed by atoms with Gasteiger partial charge in [-0.1, -0.05) is 30.0 Å². The first-order valence-electron chi connectivity index (χ1n) is 5.82. The van der Waals surface area contributed by atoms with Crippen molar-refractivity contribution in [2.45, 2.75) is 17.5 Å². The Hall–Kier alpha value is -1.18. The number of para-hydroxylation sites is 1. The zero-order valence-electron chi connectivity index (χ0n) is 10.5. The van der Waals surface area contributed by atoms with E-state index in [1.807, 2.05) is 31.2 Å². The van der Waals surface area contributed by atoms with Gasteiger partial charge in [0.1, 0.15) is 5.75 Å². The molecule has 0 aliphatic carbocycles. The van der Waals surface area contributed by atoms with E-state index in [0.717, 1.165) is 17.3 Å². The molecule has 3 N–H and O–H groups in total. The second-order valence-corrected chi connectivity index (χ2v) is 7.33. The molecule has 1 heterocycles. The van der Waals surface area contributed by atoms with Gasteiger partial charge in [-0.2, -0.15) is 0 Å². The van der Waals surface area contributed by atoms with Crippen molar-refractivity contribution >= 4 is 21.8 Å². The third kappa shape index (κ3) is 2.88. The van der Waals surface area contributed by atoms with Gasteiger partial charge in [-0.3, -0.25) is 0 Å². The molecule has 7 heteroatoms. The summed E-state index contributed by atoms with van der Waals surface area (Å²) in [5.74, 6) is 0.683. The Bertz CT molecular complexity index is 576. The molecular weight excluding hydrogens is 284 g/mol. The van der Waals surface area contributed by atoms with Gasteiger partial charge in [-0.25, -0.2) is 13.6 Å². The largest absolute Gasteiger partial charge is 0.494 e. The predicted molar refractivity (Wildman–Crippen MR) is 77.0 cm³/mol. The fraction of sp³-hybridized carbons (Fsp3) is 0.333. The molecule has 0 amide bonds. The van der Waals surface area contributed by atoms with Crippen LogP contribution in [0.25, 0.3) is 0 Å². The summed E-state index contributed by atoms with van der Waals surface area (Å²) in [6, 6.07) is 7.37. The Kier molecular flexibility index (Phi) is 4.07. The van der Waals surface area contributed by atoms with E-state index >= 15 is 0 Å². The van der Waals surface area contributed by atoms with Gasteiger partial charge >= 0.3 is 0 Å². The van der Waals surface area contributed by atoms with Crippen molar-refractivity contribution in [3.05, 3.63) is 41.4 Å². The summed E-state index contributed by atoms with van der Waals surface area (Å²) >= 11 is 1.16. The van der Waals surface area contributed by atoms with Crippen LogP contribution in [0.1, 0.15) is 12.5 Å². The SMILES string of the molecule is CCOc1ccccc1CC1(S(N)(=O)=O)NC=CS1. The maximum absolute atomic E-state index is 11.8. The first-order chi connectivity index (χ1) is 8.98. The zero-order valence-corrected chi connectivity index (χ0v) is 12.1. The highest BCUT2D eigenvalue weighted by molar-refractivity contribution is 8.15. The Morgan fingerprint density at radius 2 is 2.16 bits per heavy atom. The van der Waals surface area contributed by atoms with Crippen molar-refractivity contribution in [1.82, 2.24) is 5.32 Å². The number of thioether (sulfide) groups is 1. The van der Waals surface area contributed by atoms with Crippen molar-refractivity contribution in [1.29, 1.82) is 0 Å². The van der Waals surface area contributed by atoms with Crippen LogP contribution in [0, 0.1) is 0 Å². The van der Waals surface area contributed by atoms with Crippen molar-refractivity contribution in [2.75, 3.05) is 6.61 Å². The first kappa shape index (κ1) is 14.2. The summed E-state index contributed by atoms with van der Waals surface area (Å²) in [6.45, 7) is 2.41. The van der Waals surface area contributed by atoms with E-state index in [-0.39, 0.29) is 6.42 Å². The van der Waals surface area contributed by atoms with Gasteiger partial charge in [0.25, 0.3) is 0 Å². The summed E-state index contributed by atoms with van der Waals surface area (Å²) in [4.78, 5) is 0. The van der Waals surface area contributed by atoms with Gasteiger partial charge in [0, 0.05) is 12.6 Å². The number of ether oxygens (including phenoxy) is 1. The highest BCUT2D eigenvalue weighted by atomic mass is 32.3. The summed E-state index contributed by atoms with van der Waals surface area (Å²) < 4.78 is 27.9. The molecule has 0 fully saturated rings. The fourth-order valence-electron chi connectivity index (χ4n) is 1.88. The number of hydrogen-bond donors (Lipinski definition) is 2. The van der Waals surface area contributed by atoms with Crippen LogP contribution in [0.4, 0.5) is 0 Å². The van der Waals surface area contributed by atoms with Crippen LogP contribution in [0.15, 0.2) is 35.9 Å². The molecule has 104 valence electrons. The molecule has 1 atom stereocenters. The van der Waals surface area contributed by atoms with Crippen LogP contribution in [0.5, 0.6) is 5.75 Å². The molecule has 0 saturated carbocycles. The molecule has 0 spiro atoms. The van der Waals surface area contributed by atoms with E-state index in [4.69, 9.17) is 9.88 Å². The standard InChI is InChI=1S/C12H16N2O3S2/c1-2-17-11-6-4-3-5-10(11)9-12(19(13,15)16)14-7-8-18-12/h3-8,14H,2,9H2,1H3,(H2,13,15,16). The minimum atomic E-state index is -3.76. The van der Waals surface area contributed by atoms with E-state index in [1.165, 1.54) is 0 Å². The summed E-state index contributed by atoms with van der Waals surface area (Å²) in [5, 5.41) is 9.89. The number of nitrogens with one attached hydrogen (secondary N) is 1. The number of rotatable bonds is 5. The lowest BCUT2D eigenvalue weighted by atomic mass is 10.1. The molecule has 0 saturated heterocycles. The smallest absolute Gasteiger partial charge is 0.243 e. The molecule has 5 nitrogen and oxygen atoms in total. The molecule has 1 unspecified atom stereocenters. The monoisotopic (exact) mass is 300 g/mol. The number of sulfonamides is 1. The van der Waals surface area contributed by atoms with Crippen molar-refractivity contribution in [3.63, 3.8) is 0 Å². The quantitative estimate of drug-likeness (QED) is 0.858. The van der Waals surface area contributed by atoms with Crippen molar-refractivity contribution < 1.29 is 13.2 Å². The summed E-state index contributed by atoms with van der Waals surface area (Å²) in [5.41, 5.74) is 0.807. The highest BCUT2D eigenvalue weighted by Crippen LogP contribution is 2.37. The maximum Gasteiger partial charge on any atom is 0.243 e. The molecule has 0 bridgehead atoms. The number of hydrogen-bond acceptors (Lipinski definition) is 5. The molecule has 1 aliphatic rings. The number of nitrogens with two attached hydrogens (primary N) is 1.